The maximum Gasteiger partial charge on any atom is 0.324 e. The van der Waals surface area contributed by atoms with E-state index in [1.54, 1.807) is 18.2 Å². The van der Waals surface area contributed by atoms with Gasteiger partial charge in [0.1, 0.15) is 11.9 Å². The van der Waals surface area contributed by atoms with Crippen molar-refractivity contribution in [2.75, 3.05) is 13.2 Å². The Morgan fingerprint density at radius 1 is 1.33 bits per heavy atom. The number of hydrogen-bond acceptors (Lipinski definition) is 4. The van der Waals surface area contributed by atoms with Gasteiger partial charge in [-0.1, -0.05) is 32.0 Å². The summed E-state index contributed by atoms with van der Waals surface area (Å²) in [6.45, 7) is 3.71. The van der Waals surface area contributed by atoms with Crippen LogP contribution in [0.1, 0.15) is 25.8 Å². The number of ether oxygens (including phenoxy) is 1. The largest absolute Gasteiger partial charge is 0.389 e. The van der Waals surface area contributed by atoms with Crippen molar-refractivity contribution in [1.82, 2.24) is 10.2 Å². The van der Waals surface area contributed by atoms with Crippen molar-refractivity contribution in [2.24, 2.45) is 5.92 Å². The molecule has 3 amide bonds. The van der Waals surface area contributed by atoms with Crippen LogP contribution in [0.5, 0.6) is 0 Å². The maximum absolute atomic E-state index is 13.4. The number of rotatable bonds is 8. The fraction of sp³-hybridized carbons (Fsp3) is 0.529. The van der Waals surface area contributed by atoms with Gasteiger partial charge in [-0.3, -0.25) is 9.69 Å². The lowest BCUT2D eigenvalue weighted by molar-refractivity contribution is -0.129. The minimum absolute atomic E-state index is 0.0137. The molecule has 0 spiro atoms. The van der Waals surface area contributed by atoms with E-state index >= 15 is 0 Å². The second-order valence-corrected chi connectivity index (χ2v) is 6.34. The quantitative estimate of drug-likeness (QED) is 0.707. The lowest BCUT2D eigenvalue weighted by Crippen LogP contribution is -2.39. The van der Waals surface area contributed by atoms with Crippen LogP contribution in [0.4, 0.5) is 9.18 Å². The number of imide groups is 1. The van der Waals surface area contributed by atoms with Crippen LogP contribution < -0.4 is 5.32 Å². The summed E-state index contributed by atoms with van der Waals surface area (Å²) in [5.41, 5.74) is 0.386. The van der Waals surface area contributed by atoms with Gasteiger partial charge < -0.3 is 15.2 Å². The average Bonchev–Trinajstić information content (AvgIpc) is 2.76. The molecule has 0 unspecified atom stereocenters. The van der Waals surface area contributed by atoms with Crippen LogP contribution in [0.2, 0.25) is 0 Å². The molecule has 24 heavy (non-hydrogen) atoms. The number of aliphatic hydroxyl groups is 1. The molecule has 0 saturated carbocycles. The first-order valence-corrected chi connectivity index (χ1v) is 7.99. The molecule has 0 bridgehead atoms. The number of urea groups is 1. The number of nitrogens with one attached hydrogen (secondary N) is 1. The van der Waals surface area contributed by atoms with Gasteiger partial charge in [0.25, 0.3) is 5.91 Å². The van der Waals surface area contributed by atoms with E-state index in [0.29, 0.717) is 12.0 Å². The Balaban J connectivity index is 1.79. The molecule has 1 fully saturated rings. The van der Waals surface area contributed by atoms with Crippen LogP contribution in [0.15, 0.2) is 24.3 Å². The zero-order chi connectivity index (χ0) is 17.7. The third-order valence-electron chi connectivity index (χ3n) is 3.73. The molecule has 0 aromatic heterocycles. The van der Waals surface area contributed by atoms with Crippen LogP contribution in [0.25, 0.3) is 0 Å². The van der Waals surface area contributed by atoms with Crippen molar-refractivity contribution >= 4 is 11.9 Å². The summed E-state index contributed by atoms with van der Waals surface area (Å²) in [5.74, 6) is -0.437. The third-order valence-corrected chi connectivity index (χ3v) is 3.73. The Morgan fingerprint density at radius 2 is 2.04 bits per heavy atom. The lowest BCUT2D eigenvalue weighted by Gasteiger charge is -2.18. The van der Waals surface area contributed by atoms with Gasteiger partial charge in [0.2, 0.25) is 0 Å². The van der Waals surface area contributed by atoms with E-state index in [2.05, 4.69) is 5.32 Å². The predicted molar refractivity (Wildman–Crippen MR) is 85.6 cm³/mol. The Morgan fingerprint density at radius 3 is 2.71 bits per heavy atom. The number of aliphatic hydroxyl groups excluding tert-OH is 1. The molecular formula is C17H23FN2O4. The van der Waals surface area contributed by atoms with E-state index in [1.165, 1.54) is 6.07 Å². The molecule has 1 aromatic carbocycles. The number of hydrogen-bond donors (Lipinski definition) is 2. The highest BCUT2D eigenvalue weighted by Gasteiger charge is 2.38. The molecule has 1 heterocycles. The highest BCUT2D eigenvalue weighted by molar-refractivity contribution is 6.04. The highest BCUT2D eigenvalue weighted by atomic mass is 19.1. The smallest absolute Gasteiger partial charge is 0.324 e. The van der Waals surface area contributed by atoms with Crippen LogP contribution in [-0.2, 0) is 16.1 Å². The zero-order valence-electron chi connectivity index (χ0n) is 13.9. The number of halogens is 1. The van der Waals surface area contributed by atoms with Gasteiger partial charge in [0, 0.05) is 5.56 Å². The topological polar surface area (TPSA) is 78.9 Å². The number of carbonyl (C=O) groups excluding carboxylic acids is 2. The zero-order valence-corrected chi connectivity index (χ0v) is 13.9. The van der Waals surface area contributed by atoms with Crippen LogP contribution >= 0.6 is 0 Å². The van der Waals surface area contributed by atoms with E-state index in [-0.39, 0.29) is 37.4 Å². The van der Waals surface area contributed by atoms with Crippen LogP contribution in [-0.4, -0.2) is 47.2 Å². The first-order valence-electron chi connectivity index (χ1n) is 7.99. The van der Waals surface area contributed by atoms with Gasteiger partial charge >= 0.3 is 6.03 Å². The molecule has 1 aliphatic heterocycles. The fourth-order valence-electron chi connectivity index (χ4n) is 2.56. The molecule has 6 nitrogen and oxygen atoms in total. The van der Waals surface area contributed by atoms with Gasteiger partial charge in [-0.25, -0.2) is 9.18 Å². The van der Waals surface area contributed by atoms with Gasteiger partial charge in [-0.05, 0) is 18.4 Å². The van der Waals surface area contributed by atoms with E-state index in [1.807, 2.05) is 13.8 Å². The van der Waals surface area contributed by atoms with E-state index < -0.39 is 18.2 Å². The Bertz CT molecular complexity index is 594. The van der Waals surface area contributed by atoms with Crippen molar-refractivity contribution in [3.05, 3.63) is 35.6 Å². The standard InChI is InChI=1S/C17H23FN2O4/c1-11(2)7-15-16(22)20(17(23)19-15)8-13(21)10-24-9-12-5-3-4-6-14(12)18/h3-6,11,13,15,21H,7-10H2,1-2H3,(H,19,23)/t13-,15-/m1/s1. The molecule has 2 N–H and O–H groups in total. The number of benzene rings is 1. The fourth-order valence-corrected chi connectivity index (χ4v) is 2.56. The summed E-state index contributed by atoms with van der Waals surface area (Å²) >= 11 is 0. The minimum atomic E-state index is -1.02. The van der Waals surface area contributed by atoms with E-state index in [9.17, 15) is 19.1 Å². The molecule has 1 aliphatic rings. The second kappa shape index (κ2) is 8.21. The van der Waals surface area contributed by atoms with Crippen molar-refractivity contribution in [3.63, 3.8) is 0 Å². The van der Waals surface area contributed by atoms with Crippen molar-refractivity contribution in [3.8, 4) is 0 Å². The van der Waals surface area contributed by atoms with E-state index in [4.69, 9.17) is 4.74 Å². The minimum Gasteiger partial charge on any atom is -0.389 e. The summed E-state index contributed by atoms with van der Waals surface area (Å²) in [5, 5.41) is 12.6. The number of β-amino-alcohol motifs (C(OH)–C–C–N with tert-alkyl or cyclic N) is 1. The molecule has 0 radical (unpaired) electrons. The first kappa shape index (κ1) is 18.4. The molecule has 0 aliphatic carbocycles. The van der Waals surface area contributed by atoms with Crippen LogP contribution in [0.3, 0.4) is 0 Å². The van der Waals surface area contributed by atoms with Crippen LogP contribution in [0, 0.1) is 11.7 Å². The maximum atomic E-state index is 13.4. The Labute approximate surface area is 140 Å². The molecule has 2 rings (SSSR count). The summed E-state index contributed by atoms with van der Waals surface area (Å²) in [7, 11) is 0. The lowest BCUT2D eigenvalue weighted by atomic mass is 10.0. The van der Waals surface area contributed by atoms with Gasteiger partial charge in [0.05, 0.1) is 25.9 Å². The first-order chi connectivity index (χ1) is 11.4. The molecule has 7 heteroatoms. The monoisotopic (exact) mass is 338 g/mol. The number of nitrogens with zero attached hydrogens (tertiary/aromatic N) is 1. The molecule has 1 aromatic rings. The average molecular weight is 338 g/mol. The second-order valence-electron chi connectivity index (χ2n) is 6.34. The van der Waals surface area contributed by atoms with E-state index in [0.717, 1.165) is 4.90 Å². The normalized spacial score (nSPS) is 19.0. The summed E-state index contributed by atoms with van der Waals surface area (Å²) in [6.07, 6.45) is -0.467. The SMILES string of the molecule is CC(C)C[C@H]1NC(=O)N(C[C@@H](O)COCc2ccccc2F)C1=O. The number of amides is 3. The summed E-state index contributed by atoms with van der Waals surface area (Å²) < 4.78 is 18.7. The van der Waals surface area contributed by atoms with Gasteiger partial charge in [0.15, 0.2) is 0 Å². The molecular weight excluding hydrogens is 315 g/mol. The number of carbonyl (C=O) groups is 2. The highest BCUT2D eigenvalue weighted by Crippen LogP contribution is 2.15. The Kier molecular flexibility index (Phi) is 6.28. The molecule has 1 saturated heterocycles. The van der Waals surface area contributed by atoms with Crippen molar-refractivity contribution in [2.45, 2.75) is 39.0 Å². The molecule has 132 valence electrons. The summed E-state index contributed by atoms with van der Waals surface area (Å²) in [6, 6.07) is 5.16. The predicted octanol–water partition coefficient (Wildman–Crippen LogP) is 1.67. The van der Waals surface area contributed by atoms with Gasteiger partial charge in [-0.2, -0.15) is 0 Å². The third kappa shape index (κ3) is 4.75. The molecule has 2 atom stereocenters. The van der Waals surface area contributed by atoms with Gasteiger partial charge in [-0.15, -0.1) is 0 Å². The summed E-state index contributed by atoms with van der Waals surface area (Å²) in [4.78, 5) is 25.0. The Hall–Kier alpha value is -1.99. The van der Waals surface area contributed by atoms with Crippen molar-refractivity contribution < 1.29 is 23.8 Å². The van der Waals surface area contributed by atoms with Crippen molar-refractivity contribution in [1.29, 1.82) is 0 Å².